The van der Waals surface area contributed by atoms with Crippen LogP contribution in [0.1, 0.15) is 19.8 Å². The molecule has 0 amide bonds. The molecule has 2 unspecified atom stereocenters. The third-order valence-corrected chi connectivity index (χ3v) is 3.33. The number of methoxy groups -OCH3 is 1. The Morgan fingerprint density at radius 3 is 2.94 bits per heavy atom. The van der Waals surface area contributed by atoms with E-state index in [2.05, 4.69) is 14.9 Å². The van der Waals surface area contributed by atoms with E-state index >= 15 is 0 Å². The smallest absolute Gasteiger partial charge is 0.306 e. The Bertz CT molecular complexity index is 438. The number of carboxylic acid groups (broad SMARTS) is 1. The molecule has 0 spiro atoms. The largest absolute Gasteiger partial charge is 0.481 e. The Labute approximate surface area is 106 Å². The predicted octanol–water partition coefficient (Wildman–Crippen LogP) is 1.17. The van der Waals surface area contributed by atoms with E-state index < -0.39 is 5.97 Å². The van der Waals surface area contributed by atoms with Gasteiger partial charge in [-0.2, -0.15) is 4.98 Å². The number of rotatable bonds is 3. The van der Waals surface area contributed by atoms with Gasteiger partial charge in [-0.25, -0.2) is 0 Å². The Kier molecular flexibility index (Phi) is 3.64. The summed E-state index contributed by atoms with van der Waals surface area (Å²) in [5.41, 5.74) is 0. The van der Waals surface area contributed by atoms with Crippen molar-refractivity contribution in [1.82, 2.24) is 9.97 Å². The Morgan fingerprint density at radius 1 is 1.56 bits per heavy atom. The van der Waals surface area contributed by atoms with Crippen LogP contribution in [-0.2, 0) is 4.79 Å². The summed E-state index contributed by atoms with van der Waals surface area (Å²) in [6.07, 6.45) is 4.51. The standard InChI is InChI=1S/C12H17N3O3/c1-8-5-9(12(16)17)3-4-15(8)10-6-13-7-11(14-10)18-2/h6-9H,3-5H2,1-2H3,(H,16,17). The first-order valence-corrected chi connectivity index (χ1v) is 5.97. The quantitative estimate of drug-likeness (QED) is 0.869. The van der Waals surface area contributed by atoms with Gasteiger partial charge in [0, 0.05) is 12.6 Å². The first-order valence-electron chi connectivity index (χ1n) is 5.97. The first kappa shape index (κ1) is 12.6. The maximum Gasteiger partial charge on any atom is 0.306 e. The Morgan fingerprint density at radius 2 is 2.33 bits per heavy atom. The molecule has 1 fully saturated rings. The van der Waals surface area contributed by atoms with Crippen LogP contribution in [0.15, 0.2) is 12.4 Å². The third kappa shape index (κ3) is 2.52. The summed E-state index contributed by atoms with van der Waals surface area (Å²) in [6.45, 7) is 2.69. The normalized spacial score (nSPS) is 23.8. The second kappa shape index (κ2) is 5.20. The molecule has 0 bridgehead atoms. The van der Waals surface area contributed by atoms with Crippen LogP contribution in [0.3, 0.4) is 0 Å². The van der Waals surface area contributed by atoms with Gasteiger partial charge in [-0.15, -0.1) is 0 Å². The van der Waals surface area contributed by atoms with Gasteiger partial charge in [0.1, 0.15) is 0 Å². The summed E-state index contributed by atoms with van der Waals surface area (Å²) in [6, 6.07) is 0.140. The van der Waals surface area contributed by atoms with E-state index in [-0.39, 0.29) is 12.0 Å². The fourth-order valence-electron chi connectivity index (χ4n) is 2.31. The predicted molar refractivity (Wildman–Crippen MR) is 65.8 cm³/mol. The van der Waals surface area contributed by atoms with E-state index in [0.717, 1.165) is 5.82 Å². The van der Waals surface area contributed by atoms with Gasteiger partial charge < -0.3 is 14.7 Å². The molecule has 0 aliphatic carbocycles. The summed E-state index contributed by atoms with van der Waals surface area (Å²) in [5, 5.41) is 9.03. The number of carbonyl (C=O) groups is 1. The highest BCUT2D eigenvalue weighted by Crippen LogP contribution is 2.27. The molecule has 0 saturated carbocycles. The number of anilines is 1. The Hall–Kier alpha value is -1.85. The molecule has 1 saturated heterocycles. The molecule has 2 rings (SSSR count). The van der Waals surface area contributed by atoms with Gasteiger partial charge in [-0.3, -0.25) is 9.78 Å². The maximum atomic E-state index is 11.0. The van der Waals surface area contributed by atoms with Crippen molar-refractivity contribution < 1.29 is 14.6 Å². The summed E-state index contributed by atoms with van der Waals surface area (Å²) in [5.74, 6) is 0.249. The van der Waals surface area contributed by atoms with Crippen LogP contribution in [0.4, 0.5) is 5.82 Å². The Balaban J connectivity index is 2.12. The van der Waals surface area contributed by atoms with Crippen LogP contribution in [0.2, 0.25) is 0 Å². The fraction of sp³-hybridized carbons (Fsp3) is 0.583. The highest BCUT2D eigenvalue weighted by molar-refractivity contribution is 5.70. The van der Waals surface area contributed by atoms with E-state index in [1.807, 2.05) is 6.92 Å². The van der Waals surface area contributed by atoms with Crippen LogP contribution >= 0.6 is 0 Å². The number of aromatic nitrogens is 2. The van der Waals surface area contributed by atoms with Gasteiger partial charge in [0.2, 0.25) is 5.88 Å². The topological polar surface area (TPSA) is 75.5 Å². The molecule has 1 aromatic rings. The number of carboxylic acids is 1. The minimum atomic E-state index is -0.710. The van der Waals surface area contributed by atoms with Crippen molar-refractivity contribution in [3.63, 3.8) is 0 Å². The van der Waals surface area contributed by atoms with E-state index in [1.54, 1.807) is 19.5 Å². The van der Waals surface area contributed by atoms with Crippen molar-refractivity contribution in [3.05, 3.63) is 12.4 Å². The van der Waals surface area contributed by atoms with E-state index in [0.29, 0.717) is 25.3 Å². The lowest BCUT2D eigenvalue weighted by atomic mass is 9.92. The van der Waals surface area contributed by atoms with Crippen LogP contribution in [0.5, 0.6) is 5.88 Å². The summed E-state index contributed by atoms with van der Waals surface area (Å²) >= 11 is 0. The van der Waals surface area contributed by atoms with Crippen molar-refractivity contribution in [2.75, 3.05) is 18.6 Å². The van der Waals surface area contributed by atoms with Gasteiger partial charge in [0.05, 0.1) is 25.4 Å². The minimum absolute atomic E-state index is 0.140. The average molecular weight is 251 g/mol. The monoisotopic (exact) mass is 251 g/mol. The van der Waals surface area contributed by atoms with E-state index in [9.17, 15) is 4.79 Å². The molecule has 0 aromatic carbocycles. The number of hydrogen-bond acceptors (Lipinski definition) is 5. The second-order valence-electron chi connectivity index (χ2n) is 4.52. The highest BCUT2D eigenvalue weighted by atomic mass is 16.5. The lowest BCUT2D eigenvalue weighted by Crippen LogP contribution is -2.43. The van der Waals surface area contributed by atoms with Crippen LogP contribution < -0.4 is 9.64 Å². The second-order valence-corrected chi connectivity index (χ2v) is 4.52. The number of hydrogen-bond donors (Lipinski definition) is 1. The zero-order chi connectivity index (χ0) is 13.1. The molecule has 2 heterocycles. The van der Waals surface area contributed by atoms with Crippen molar-refractivity contribution >= 4 is 11.8 Å². The summed E-state index contributed by atoms with van der Waals surface area (Å²) < 4.78 is 5.05. The van der Waals surface area contributed by atoms with Gasteiger partial charge in [-0.1, -0.05) is 0 Å². The lowest BCUT2D eigenvalue weighted by molar-refractivity contribution is -0.142. The van der Waals surface area contributed by atoms with Gasteiger partial charge >= 0.3 is 5.97 Å². The number of ether oxygens (including phenoxy) is 1. The average Bonchev–Trinajstić information content (AvgIpc) is 2.38. The third-order valence-electron chi connectivity index (χ3n) is 3.33. The molecule has 0 radical (unpaired) electrons. The molecule has 1 N–H and O–H groups in total. The molecule has 1 aliphatic heterocycles. The number of aliphatic carboxylic acids is 1. The molecule has 1 aliphatic rings. The van der Waals surface area contributed by atoms with Gasteiger partial charge in [-0.05, 0) is 19.8 Å². The first-order chi connectivity index (χ1) is 8.61. The fourth-order valence-corrected chi connectivity index (χ4v) is 2.31. The summed E-state index contributed by atoms with van der Waals surface area (Å²) in [4.78, 5) is 21.5. The molecule has 6 nitrogen and oxygen atoms in total. The van der Waals surface area contributed by atoms with Crippen molar-refractivity contribution in [2.45, 2.75) is 25.8 Å². The van der Waals surface area contributed by atoms with Crippen LogP contribution in [0, 0.1) is 5.92 Å². The van der Waals surface area contributed by atoms with Crippen LogP contribution in [-0.4, -0.2) is 40.7 Å². The van der Waals surface area contributed by atoms with Gasteiger partial charge in [0.15, 0.2) is 5.82 Å². The van der Waals surface area contributed by atoms with Gasteiger partial charge in [0.25, 0.3) is 0 Å². The van der Waals surface area contributed by atoms with Crippen molar-refractivity contribution in [2.24, 2.45) is 5.92 Å². The van der Waals surface area contributed by atoms with E-state index in [4.69, 9.17) is 9.84 Å². The zero-order valence-electron chi connectivity index (χ0n) is 10.5. The van der Waals surface area contributed by atoms with Crippen molar-refractivity contribution in [3.8, 4) is 5.88 Å². The molecule has 6 heteroatoms. The summed E-state index contributed by atoms with van der Waals surface area (Å²) in [7, 11) is 1.55. The highest BCUT2D eigenvalue weighted by Gasteiger charge is 2.30. The molecule has 18 heavy (non-hydrogen) atoms. The van der Waals surface area contributed by atoms with Crippen molar-refractivity contribution in [1.29, 1.82) is 0 Å². The SMILES string of the molecule is COc1cncc(N2CCC(C(=O)O)CC2C)n1. The minimum Gasteiger partial charge on any atom is -0.481 e. The molecule has 1 aromatic heterocycles. The van der Waals surface area contributed by atoms with E-state index in [1.165, 1.54) is 0 Å². The maximum absolute atomic E-state index is 11.0. The molecule has 2 atom stereocenters. The molecular formula is C12H17N3O3. The van der Waals surface area contributed by atoms with Crippen LogP contribution in [0.25, 0.3) is 0 Å². The number of piperidine rings is 1. The zero-order valence-corrected chi connectivity index (χ0v) is 10.5. The molecule has 98 valence electrons. The number of nitrogens with zero attached hydrogens (tertiary/aromatic N) is 3. The molecular weight excluding hydrogens is 234 g/mol. The lowest BCUT2D eigenvalue weighted by Gasteiger charge is -2.36.